The number of benzene rings is 1. The normalized spacial score (nSPS) is 16.7. The van der Waals surface area contributed by atoms with Gasteiger partial charge in [0.15, 0.2) is 0 Å². The van der Waals surface area contributed by atoms with Crippen LogP contribution in [0.25, 0.3) is 10.9 Å². The molecule has 106 valence electrons. The van der Waals surface area contributed by atoms with Crippen LogP contribution in [0.1, 0.15) is 19.3 Å². The lowest BCUT2D eigenvalue weighted by Gasteiger charge is -2.40. The molecule has 0 bridgehead atoms. The van der Waals surface area contributed by atoms with Crippen LogP contribution in [0.5, 0.6) is 0 Å². The number of fused-ring (bicyclic) bond motifs is 1. The van der Waals surface area contributed by atoms with Crippen LogP contribution in [0.4, 0.5) is 11.8 Å². The molecule has 0 saturated heterocycles. The van der Waals surface area contributed by atoms with E-state index < -0.39 is 0 Å². The van der Waals surface area contributed by atoms with Crippen LogP contribution in [-0.4, -0.2) is 29.2 Å². The number of nitrogens with two attached hydrogens (primary N) is 1. The molecule has 4 N–H and O–H groups in total. The lowest BCUT2D eigenvalue weighted by atomic mass is 9.80. The highest BCUT2D eigenvalue weighted by Gasteiger charge is 2.36. The van der Waals surface area contributed by atoms with Gasteiger partial charge >= 0.3 is 0 Å². The second-order valence-corrected chi connectivity index (χ2v) is 5.15. The molecule has 3 rings (SSSR count). The molecule has 0 aliphatic heterocycles. The lowest BCUT2D eigenvalue weighted by molar-refractivity contribution is -0.0601. The number of aromatic nitrogens is 2. The first-order chi connectivity index (χ1) is 9.76. The maximum Gasteiger partial charge on any atom is 0.239 e. The van der Waals surface area contributed by atoms with Crippen LogP contribution >= 0.6 is 0 Å². The number of hydrazine groups is 1. The number of nitrogens with zero attached hydrogens (tertiary/aromatic N) is 2. The van der Waals surface area contributed by atoms with E-state index in [1.165, 1.54) is 6.42 Å². The Bertz CT molecular complexity index is 606. The van der Waals surface area contributed by atoms with E-state index in [0.717, 1.165) is 36.1 Å². The Labute approximate surface area is 117 Å². The predicted molar refractivity (Wildman–Crippen MR) is 79.4 cm³/mol. The second kappa shape index (κ2) is 5.22. The van der Waals surface area contributed by atoms with Crippen molar-refractivity contribution in [2.75, 3.05) is 24.4 Å². The first-order valence-corrected chi connectivity index (χ1v) is 6.79. The number of para-hydroxylation sites is 1. The maximum absolute atomic E-state index is 5.62. The second-order valence-electron chi connectivity index (χ2n) is 5.15. The van der Waals surface area contributed by atoms with E-state index in [0.29, 0.717) is 5.95 Å². The maximum atomic E-state index is 5.62. The van der Waals surface area contributed by atoms with Crippen LogP contribution in [0.15, 0.2) is 24.3 Å². The van der Waals surface area contributed by atoms with Gasteiger partial charge in [-0.3, -0.25) is 5.43 Å². The van der Waals surface area contributed by atoms with Gasteiger partial charge in [0, 0.05) is 19.0 Å². The number of methoxy groups -OCH3 is 1. The molecule has 1 saturated carbocycles. The van der Waals surface area contributed by atoms with Gasteiger partial charge in [0.25, 0.3) is 0 Å². The Kier molecular flexibility index (Phi) is 3.42. The predicted octanol–water partition coefficient (Wildman–Crippen LogP) is 1.90. The summed E-state index contributed by atoms with van der Waals surface area (Å²) in [6, 6.07) is 7.86. The van der Waals surface area contributed by atoms with Gasteiger partial charge in [-0.15, -0.1) is 0 Å². The smallest absolute Gasteiger partial charge is 0.239 e. The summed E-state index contributed by atoms with van der Waals surface area (Å²) in [5.74, 6) is 6.62. The SMILES string of the molecule is COC1(CNc2nc(NN)nc3ccccc23)CCC1. The highest BCUT2D eigenvalue weighted by atomic mass is 16.5. The number of rotatable bonds is 5. The van der Waals surface area contributed by atoms with Gasteiger partial charge in [0.2, 0.25) is 5.95 Å². The van der Waals surface area contributed by atoms with E-state index in [1.54, 1.807) is 7.11 Å². The molecule has 1 aliphatic rings. The molecule has 0 radical (unpaired) electrons. The average molecular weight is 273 g/mol. The molecule has 0 amide bonds. The van der Waals surface area contributed by atoms with Crippen molar-refractivity contribution < 1.29 is 4.74 Å². The summed E-state index contributed by atoms with van der Waals surface area (Å²) in [6.45, 7) is 0.745. The van der Waals surface area contributed by atoms with Crippen molar-refractivity contribution in [3.63, 3.8) is 0 Å². The van der Waals surface area contributed by atoms with Crippen molar-refractivity contribution in [2.45, 2.75) is 24.9 Å². The van der Waals surface area contributed by atoms with E-state index in [2.05, 4.69) is 20.7 Å². The third kappa shape index (κ3) is 2.28. The number of hydrogen-bond donors (Lipinski definition) is 3. The number of anilines is 2. The van der Waals surface area contributed by atoms with Crippen molar-refractivity contribution in [3.8, 4) is 0 Å². The Morgan fingerprint density at radius 1 is 1.30 bits per heavy atom. The number of ether oxygens (including phenoxy) is 1. The van der Waals surface area contributed by atoms with Crippen LogP contribution in [-0.2, 0) is 4.74 Å². The molecule has 1 heterocycles. The van der Waals surface area contributed by atoms with Gasteiger partial charge in [0.05, 0.1) is 11.1 Å². The van der Waals surface area contributed by atoms with Gasteiger partial charge in [-0.1, -0.05) is 12.1 Å². The number of nitrogen functional groups attached to an aromatic ring is 1. The fraction of sp³-hybridized carbons (Fsp3) is 0.429. The highest BCUT2D eigenvalue weighted by Crippen LogP contribution is 2.35. The summed E-state index contributed by atoms with van der Waals surface area (Å²) in [7, 11) is 1.77. The van der Waals surface area contributed by atoms with E-state index >= 15 is 0 Å². The Morgan fingerprint density at radius 3 is 2.75 bits per heavy atom. The zero-order valence-corrected chi connectivity index (χ0v) is 11.5. The standard InChI is InChI=1S/C14H19N5O/c1-20-14(7-4-8-14)9-16-12-10-5-2-3-6-11(10)17-13(18-12)19-15/h2-3,5-6H,4,7-9,15H2,1H3,(H2,16,17,18,19). The molecule has 0 atom stereocenters. The molecule has 1 aliphatic carbocycles. The Hall–Kier alpha value is -1.92. The summed E-state index contributed by atoms with van der Waals surface area (Å²) in [4.78, 5) is 8.74. The van der Waals surface area contributed by atoms with Crippen LogP contribution < -0.4 is 16.6 Å². The quantitative estimate of drug-likeness (QED) is 0.570. The summed E-state index contributed by atoms with van der Waals surface area (Å²) >= 11 is 0. The molecule has 0 spiro atoms. The van der Waals surface area contributed by atoms with Gasteiger partial charge in [-0.2, -0.15) is 4.98 Å². The monoisotopic (exact) mass is 273 g/mol. The molecule has 0 unspecified atom stereocenters. The average Bonchev–Trinajstić information content (AvgIpc) is 2.46. The van der Waals surface area contributed by atoms with Gasteiger partial charge in [0.1, 0.15) is 5.82 Å². The van der Waals surface area contributed by atoms with E-state index in [1.807, 2.05) is 24.3 Å². The zero-order valence-electron chi connectivity index (χ0n) is 11.5. The van der Waals surface area contributed by atoms with Gasteiger partial charge in [-0.25, -0.2) is 10.8 Å². The molecule has 20 heavy (non-hydrogen) atoms. The molecule has 2 aromatic rings. The van der Waals surface area contributed by atoms with E-state index in [9.17, 15) is 0 Å². The van der Waals surface area contributed by atoms with Crippen molar-refractivity contribution in [1.82, 2.24) is 9.97 Å². The summed E-state index contributed by atoms with van der Waals surface area (Å²) < 4.78 is 5.62. The highest BCUT2D eigenvalue weighted by molar-refractivity contribution is 5.90. The van der Waals surface area contributed by atoms with Gasteiger partial charge in [-0.05, 0) is 31.4 Å². The summed E-state index contributed by atoms with van der Waals surface area (Å²) in [5.41, 5.74) is 3.31. The van der Waals surface area contributed by atoms with Crippen molar-refractivity contribution >= 4 is 22.7 Å². The zero-order chi connectivity index (χ0) is 14.0. The topological polar surface area (TPSA) is 85.1 Å². The molecular formula is C14H19N5O. The first-order valence-electron chi connectivity index (χ1n) is 6.79. The molecule has 6 heteroatoms. The summed E-state index contributed by atoms with van der Waals surface area (Å²) in [6.07, 6.45) is 3.39. The van der Waals surface area contributed by atoms with Crippen molar-refractivity contribution in [1.29, 1.82) is 0 Å². The third-order valence-electron chi connectivity index (χ3n) is 4.01. The van der Waals surface area contributed by atoms with E-state index in [4.69, 9.17) is 10.6 Å². The van der Waals surface area contributed by atoms with Crippen LogP contribution in [0, 0.1) is 0 Å². The third-order valence-corrected chi connectivity index (χ3v) is 4.01. The van der Waals surface area contributed by atoms with Gasteiger partial charge < -0.3 is 10.1 Å². The number of hydrogen-bond acceptors (Lipinski definition) is 6. The minimum Gasteiger partial charge on any atom is -0.376 e. The van der Waals surface area contributed by atoms with E-state index in [-0.39, 0.29) is 5.60 Å². The number of nitrogens with one attached hydrogen (secondary N) is 2. The largest absolute Gasteiger partial charge is 0.376 e. The fourth-order valence-electron chi connectivity index (χ4n) is 2.54. The minimum absolute atomic E-state index is 0.0532. The molecule has 1 aromatic carbocycles. The minimum atomic E-state index is -0.0532. The Balaban J connectivity index is 1.89. The Morgan fingerprint density at radius 2 is 2.10 bits per heavy atom. The summed E-state index contributed by atoms with van der Waals surface area (Å²) in [5, 5.41) is 4.37. The van der Waals surface area contributed by atoms with Crippen molar-refractivity contribution in [3.05, 3.63) is 24.3 Å². The lowest BCUT2D eigenvalue weighted by Crippen LogP contribution is -2.45. The molecule has 6 nitrogen and oxygen atoms in total. The van der Waals surface area contributed by atoms with Crippen molar-refractivity contribution in [2.24, 2.45) is 5.84 Å². The first kappa shape index (κ1) is 13.1. The molecular weight excluding hydrogens is 254 g/mol. The molecule has 1 aromatic heterocycles. The fourth-order valence-corrected chi connectivity index (χ4v) is 2.54. The van der Waals surface area contributed by atoms with Crippen LogP contribution in [0.2, 0.25) is 0 Å². The van der Waals surface area contributed by atoms with Crippen LogP contribution in [0.3, 0.4) is 0 Å². The molecule has 1 fully saturated rings.